The summed E-state index contributed by atoms with van der Waals surface area (Å²) in [7, 11) is -2.33. The van der Waals surface area contributed by atoms with Crippen molar-refractivity contribution in [1.82, 2.24) is 10.1 Å². The van der Waals surface area contributed by atoms with Crippen LogP contribution in [0.3, 0.4) is 0 Å². The fourth-order valence-electron chi connectivity index (χ4n) is 1.41. The second kappa shape index (κ2) is 4.22. The molecule has 1 aliphatic rings. The number of nitrogens with zero attached hydrogens (tertiary/aromatic N) is 1. The second-order valence-corrected chi connectivity index (χ2v) is 5.10. The van der Waals surface area contributed by atoms with Crippen LogP contribution in [-0.4, -0.2) is 28.6 Å². The van der Waals surface area contributed by atoms with E-state index in [9.17, 15) is 14.2 Å². The Hall–Kier alpha value is -1.04. The maximum atomic E-state index is 11.7. The molecule has 0 aromatic rings. The first-order valence-corrected chi connectivity index (χ1v) is 5.74. The van der Waals surface area contributed by atoms with Gasteiger partial charge in [-0.25, -0.2) is 5.84 Å². The minimum absolute atomic E-state index is 0.259. The Balaban J connectivity index is 2.84. The highest BCUT2D eigenvalue weighted by Gasteiger charge is 2.57. The van der Waals surface area contributed by atoms with Crippen molar-refractivity contribution in [3.63, 3.8) is 0 Å². The van der Waals surface area contributed by atoms with Crippen LogP contribution in [-0.2, 0) is 14.2 Å². The number of rotatable bonds is 2. The van der Waals surface area contributed by atoms with Crippen molar-refractivity contribution in [2.24, 2.45) is 11.6 Å². The number of carbonyl (C=O) groups is 2. The molecule has 1 rings (SSSR count). The Morgan fingerprint density at radius 3 is 2.80 bits per heavy atom. The van der Waals surface area contributed by atoms with Crippen LogP contribution in [0.4, 0.5) is 0 Å². The van der Waals surface area contributed by atoms with Crippen LogP contribution in [0.5, 0.6) is 0 Å². The highest BCUT2D eigenvalue weighted by atomic mass is 31.1. The maximum absolute atomic E-state index is 11.7. The third-order valence-corrected chi connectivity index (χ3v) is 3.87. The first-order chi connectivity index (χ1) is 6.88. The first kappa shape index (κ1) is 12.0. The molecule has 1 aliphatic heterocycles. The Bertz CT molecular complexity index is 321. The first-order valence-electron chi connectivity index (χ1n) is 4.48. The largest absolute Gasteiger partial charge is 0.494 e. The van der Waals surface area contributed by atoms with Crippen molar-refractivity contribution in [3.05, 3.63) is 0 Å². The molecule has 1 saturated heterocycles. The van der Waals surface area contributed by atoms with E-state index in [1.165, 1.54) is 6.92 Å². The lowest BCUT2D eigenvalue weighted by Crippen LogP contribution is -2.60. The summed E-state index contributed by atoms with van der Waals surface area (Å²) in [6, 6.07) is 0. The average molecular weight is 233 g/mol. The molecule has 0 aliphatic carbocycles. The van der Waals surface area contributed by atoms with Crippen molar-refractivity contribution >= 4 is 19.8 Å². The van der Waals surface area contributed by atoms with E-state index in [4.69, 9.17) is 11.6 Å². The number of hydrogen-bond acceptors (Lipinski definition) is 5. The van der Waals surface area contributed by atoms with Crippen LogP contribution in [0.1, 0.15) is 19.8 Å². The van der Waals surface area contributed by atoms with Gasteiger partial charge in [0.15, 0.2) is 0 Å². The Morgan fingerprint density at radius 2 is 2.27 bits per heavy atom. The molecule has 1 unspecified atom stereocenters. The Kier molecular flexibility index (Phi) is 3.38. The molecule has 2 atom stereocenters. The number of nitrogens with two attached hydrogens (primary N) is 2. The van der Waals surface area contributed by atoms with E-state index in [1.54, 1.807) is 0 Å². The van der Waals surface area contributed by atoms with E-state index in [-0.39, 0.29) is 6.42 Å². The van der Waals surface area contributed by atoms with Gasteiger partial charge in [0.2, 0.25) is 0 Å². The summed E-state index contributed by atoms with van der Waals surface area (Å²) in [4.78, 5) is 22.3. The summed E-state index contributed by atoms with van der Waals surface area (Å²) in [5.41, 5.74) is 5.72. The topological polar surface area (TPSA) is 119 Å². The summed E-state index contributed by atoms with van der Waals surface area (Å²) >= 11 is 0. The standard InChI is InChI=1S/C7H13N4O3P/c1-5(12)10-15(14)7(8)3-2-4-11(9)6(7)13/h2-4,8-9H2,1H3/p+1/t7-/m0/s1. The van der Waals surface area contributed by atoms with Crippen LogP contribution in [0.25, 0.3) is 0 Å². The summed E-state index contributed by atoms with van der Waals surface area (Å²) in [6.07, 6.45) is 0.828. The van der Waals surface area contributed by atoms with Gasteiger partial charge < -0.3 is 0 Å². The molecule has 84 valence electrons. The predicted octanol–water partition coefficient (Wildman–Crippen LogP) is -0.984. The number of nitrogens with one attached hydrogen (secondary N) is 1. The summed E-state index contributed by atoms with van der Waals surface area (Å²) in [5, 5.41) is 1.53. The van der Waals surface area contributed by atoms with Gasteiger partial charge >= 0.3 is 19.1 Å². The number of carbonyl (C=O) groups excluding carboxylic acids is 2. The van der Waals surface area contributed by atoms with Gasteiger partial charge in [0, 0.05) is 19.9 Å². The molecule has 0 bridgehead atoms. The SMILES string of the molecule is CC(=O)N[P+](=O)[C@@]1(N)CCCN(N)C1=O. The lowest BCUT2D eigenvalue weighted by atomic mass is 10.1. The minimum atomic E-state index is -2.33. The van der Waals surface area contributed by atoms with Crippen molar-refractivity contribution < 1.29 is 14.2 Å². The van der Waals surface area contributed by atoms with Gasteiger partial charge in [0.05, 0.1) is 0 Å². The second-order valence-electron chi connectivity index (χ2n) is 3.49. The summed E-state index contributed by atoms with van der Waals surface area (Å²) in [5.74, 6) is 4.31. The van der Waals surface area contributed by atoms with Crippen molar-refractivity contribution in [2.75, 3.05) is 6.54 Å². The average Bonchev–Trinajstić information content (AvgIpc) is 2.13. The molecule has 0 aromatic carbocycles. The predicted molar refractivity (Wildman–Crippen MR) is 53.5 cm³/mol. The fourth-order valence-corrected chi connectivity index (χ4v) is 2.56. The molecule has 15 heavy (non-hydrogen) atoms. The molecule has 0 aromatic heterocycles. The minimum Gasteiger partial charge on any atom is -0.275 e. The molecular weight excluding hydrogens is 219 g/mol. The molecule has 1 heterocycles. The normalized spacial score (nSPS) is 27.5. The van der Waals surface area contributed by atoms with Crippen LogP contribution < -0.4 is 16.7 Å². The number of amides is 2. The van der Waals surface area contributed by atoms with Crippen molar-refractivity contribution in [1.29, 1.82) is 0 Å². The zero-order valence-electron chi connectivity index (χ0n) is 8.40. The molecule has 5 N–H and O–H groups in total. The number of hydrogen-bond donors (Lipinski definition) is 3. The Morgan fingerprint density at radius 1 is 1.67 bits per heavy atom. The quantitative estimate of drug-likeness (QED) is 0.321. The van der Waals surface area contributed by atoms with Gasteiger partial charge in [-0.1, -0.05) is 0 Å². The third-order valence-electron chi connectivity index (χ3n) is 2.21. The molecular formula is C7H14N4O3P+. The Labute approximate surface area is 88.0 Å². The maximum Gasteiger partial charge on any atom is 0.494 e. The number of piperidine rings is 1. The zero-order valence-corrected chi connectivity index (χ0v) is 9.29. The van der Waals surface area contributed by atoms with Gasteiger partial charge in [-0.2, -0.15) is 0 Å². The smallest absolute Gasteiger partial charge is 0.275 e. The van der Waals surface area contributed by atoms with Crippen molar-refractivity contribution in [3.8, 4) is 0 Å². The fraction of sp³-hybridized carbons (Fsp3) is 0.714. The molecule has 0 radical (unpaired) electrons. The van der Waals surface area contributed by atoms with E-state index < -0.39 is 25.0 Å². The van der Waals surface area contributed by atoms with E-state index in [2.05, 4.69) is 5.09 Å². The van der Waals surface area contributed by atoms with E-state index in [0.717, 1.165) is 5.01 Å². The molecule has 8 heteroatoms. The van der Waals surface area contributed by atoms with E-state index >= 15 is 0 Å². The van der Waals surface area contributed by atoms with Crippen LogP contribution in [0.2, 0.25) is 0 Å². The molecule has 2 amide bonds. The van der Waals surface area contributed by atoms with Crippen molar-refractivity contribution in [2.45, 2.75) is 25.0 Å². The van der Waals surface area contributed by atoms with Crippen LogP contribution in [0, 0.1) is 0 Å². The van der Waals surface area contributed by atoms with Gasteiger partial charge in [0.25, 0.3) is 5.91 Å². The van der Waals surface area contributed by atoms with Crippen LogP contribution in [0.15, 0.2) is 0 Å². The lowest BCUT2D eigenvalue weighted by Gasteiger charge is -2.28. The van der Waals surface area contributed by atoms with Crippen LogP contribution >= 0.6 is 7.95 Å². The molecule has 7 nitrogen and oxygen atoms in total. The van der Waals surface area contributed by atoms with Gasteiger partial charge in [-0.15, -0.1) is 5.09 Å². The highest BCUT2D eigenvalue weighted by Crippen LogP contribution is 2.38. The summed E-state index contributed by atoms with van der Waals surface area (Å²) < 4.78 is 11.7. The van der Waals surface area contributed by atoms with Gasteiger partial charge in [-0.05, 0) is 11.0 Å². The highest BCUT2D eigenvalue weighted by molar-refractivity contribution is 7.46. The molecule has 0 spiro atoms. The van der Waals surface area contributed by atoms with E-state index in [1.807, 2.05) is 0 Å². The molecule has 1 fully saturated rings. The number of hydrazine groups is 1. The van der Waals surface area contributed by atoms with Gasteiger partial charge in [-0.3, -0.25) is 20.3 Å². The monoisotopic (exact) mass is 233 g/mol. The summed E-state index contributed by atoms with van der Waals surface area (Å²) in [6.45, 7) is 1.60. The lowest BCUT2D eigenvalue weighted by molar-refractivity contribution is -0.136. The third kappa shape index (κ3) is 2.31. The van der Waals surface area contributed by atoms with E-state index in [0.29, 0.717) is 13.0 Å². The molecule has 0 saturated carbocycles. The zero-order chi connectivity index (χ0) is 11.6. The van der Waals surface area contributed by atoms with Gasteiger partial charge in [0.1, 0.15) is 0 Å².